The molecule has 20 heavy (non-hydrogen) atoms. The van der Waals surface area contributed by atoms with Gasteiger partial charge in [0.1, 0.15) is 5.84 Å². The fourth-order valence-corrected chi connectivity index (χ4v) is 2.68. The first-order valence-electron chi connectivity index (χ1n) is 6.60. The third-order valence-corrected chi connectivity index (χ3v) is 4.11. The lowest BCUT2D eigenvalue weighted by atomic mass is 9.96. The number of carbonyl (C=O) groups excluding carboxylic acids is 1. The van der Waals surface area contributed by atoms with Crippen LogP contribution < -0.4 is 5.73 Å². The van der Waals surface area contributed by atoms with Crippen LogP contribution in [0.2, 0.25) is 0 Å². The van der Waals surface area contributed by atoms with Crippen molar-refractivity contribution in [1.82, 2.24) is 4.90 Å². The Balaban J connectivity index is 1.96. The van der Waals surface area contributed by atoms with Gasteiger partial charge in [-0.1, -0.05) is 33.2 Å². The fraction of sp³-hybridized carbons (Fsp3) is 0.429. The lowest BCUT2D eigenvalue weighted by Gasteiger charge is -2.32. The van der Waals surface area contributed by atoms with Crippen LogP contribution in [-0.4, -0.2) is 34.9 Å². The molecule has 6 heteroatoms. The van der Waals surface area contributed by atoms with Crippen LogP contribution in [0.1, 0.15) is 18.4 Å². The van der Waals surface area contributed by atoms with Crippen molar-refractivity contribution in [3.63, 3.8) is 0 Å². The summed E-state index contributed by atoms with van der Waals surface area (Å²) in [7, 11) is 0. The molecule has 1 heterocycles. The molecule has 5 nitrogen and oxygen atoms in total. The lowest BCUT2D eigenvalue weighted by molar-refractivity contribution is -0.131. The molecule has 0 saturated carbocycles. The minimum absolute atomic E-state index is 0.0392. The van der Waals surface area contributed by atoms with E-state index in [9.17, 15) is 4.79 Å². The van der Waals surface area contributed by atoms with Crippen molar-refractivity contribution >= 4 is 27.7 Å². The molecule has 1 fully saturated rings. The van der Waals surface area contributed by atoms with Gasteiger partial charge in [0.05, 0.1) is 6.42 Å². The summed E-state index contributed by atoms with van der Waals surface area (Å²) < 4.78 is 0.999. The third kappa shape index (κ3) is 3.72. The lowest BCUT2D eigenvalue weighted by Crippen LogP contribution is -2.44. The number of hydrogen-bond acceptors (Lipinski definition) is 3. The van der Waals surface area contributed by atoms with Gasteiger partial charge in [0.15, 0.2) is 0 Å². The van der Waals surface area contributed by atoms with E-state index >= 15 is 0 Å². The molecule has 0 spiro atoms. The van der Waals surface area contributed by atoms with Crippen LogP contribution in [0.3, 0.4) is 0 Å². The van der Waals surface area contributed by atoms with E-state index in [1.54, 1.807) is 4.90 Å². The van der Waals surface area contributed by atoms with Crippen molar-refractivity contribution in [3.05, 3.63) is 34.3 Å². The number of hydrogen-bond donors (Lipinski definition) is 2. The molecule has 0 aliphatic carbocycles. The Morgan fingerprint density at radius 1 is 1.45 bits per heavy atom. The van der Waals surface area contributed by atoms with Crippen molar-refractivity contribution < 1.29 is 10.0 Å². The zero-order chi connectivity index (χ0) is 14.5. The zero-order valence-corrected chi connectivity index (χ0v) is 12.7. The second-order valence-electron chi connectivity index (χ2n) is 5.01. The number of nitrogens with zero attached hydrogens (tertiary/aromatic N) is 2. The van der Waals surface area contributed by atoms with E-state index < -0.39 is 0 Å². The maximum atomic E-state index is 12.3. The highest BCUT2D eigenvalue weighted by molar-refractivity contribution is 9.10. The zero-order valence-electron chi connectivity index (χ0n) is 11.1. The summed E-state index contributed by atoms with van der Waals surface area (Å²) >= 11 is 3.37. The number of halogens is 1. The molecule has 1 aliphatic rings. The smallest absolute Gasteiger partial charge is 0.227 e. The maximum Gasteiger partial charge on any atom is 0.227 e. The summed E-state index contributed by atoms with van der Waals surface area (Å²) in [5, 5.41) is 11.8. The summed E-state index contributed by atoms with van der Waals surface area (Å²) in [5.41, 5.74) is 6.63. The molecule has 1 aromatic carbocycles. The monoisotopic (exact) mass is 339 g/mol. The molecule has 2 rings (SSSR count). The quantitative estimate of drug-likeness (QED) is 0.382. The van der Waals surface area contributed by atoms with Gasteiger partial charge in [0, 0.05) is 23.5 Å². The van der Waals surface area contributed by atoms with Crippen molar-refractivity contribution in [2.45, 2.75) is 19.3 Å². The topological polar surface area (TPSA) is 78.9 Å². The maximum absolute atomic E-state index is 12.3. The summed E-state index contributed by atoms with van der Waals surface area (Å²) in [5.74, 6) is 0.261. The Bertz CT molecular complexity index is 502. The molecule has 1 saturated heterocycles. The summed E-state index contributed by atoms with van der Waals surface area (Å²) in [6.45, 7) is 1.27. The number of piperidine rings is 1. The Morgan fingerprint density at radius 2 is 2.15 bits per heavy atom. The number of carbonyl (C=O) groups is 1. The number of amides is 1. The SMILES string of the molecule is NC(=NO)C1CCCN(C(=O)Cc2ccc(Br)cc2)C1. The fourth-order valence-electron chi connectivity index (χ4n) is 2.42. The number of likely N-dealkylation sites (tertiary alicyclic amines) is 1. The van der Waals surface area contributed by atoms with E-state index in [4.69, 9.17) is 10.9 Å². The molecule has 1 amide bonds. The number of benzene rings is 1. The molecule has 0 bridgehead atoms. The molecule has 0 aromatic heterocycles. The van der Waals surface area contributed by atoms with E-state index in [0.717, 1.165) is 29.4 Å². The minimum atomic E-state index is -0.0392. The van der Waals surface area contributed by atoms with Gasteiger partial charge in [0.2, 0.25) is 5.91 Å². The number of amidine groups is 1. The van der Waals surface area contributed by atoms with E-state index in [2.05, 4.69) is 21.1 Å². The highest BCUT2D eigenvalue weighted by Crippen LogP contribution is 2.18. The third-order valence-electron chi connectivity index (χ3n) is 3.58. The van der Waals surface area contributed by atoms with Crippen molar-refractivity contribution in [3.8, 4) is 0 Å². The van der Waals surface area contributed by atoms with Gasteiger partial charge in [0.25, 0.3) is 0 Å². The second-order valence-corrected chi connectivity index (χ2v) is 5.92. The van der Waals surface area contributed by atoms with Crippen LogP contribution in [0.25, 0.3) is 0 Å². The number of rotatable bonds is 3. The van der Waals surface area contributed by atoms with Gasteiger partial charge >= 0.3 is 0 Å². The average molecular weight is 340 g/mol. The van der Waals surface area contributed by atoms with Gasteiger partial charge in [-0.25, -0.2) is 0 Å². The highest BCUT2D eigenvalue weighted by Gasteiger charge is 2.26. The molecule has 0 radical (unpaired) electrons. The summed E-state index contributed by atoms with van der Waals surface area (Å²) in [6, 6.07) is 7.73. The first kappa shape index (κ1) is 14.8. The Kier molecular flexibility index (Phi) is 5.00. The van der Waals surface area contributed by atoms with E-state index in [0.29, 0.717) is 13.0 Å². The van der Waals surface area contributed by atoms with Gasteiger partial charge in [-0.3, -0.25) is 4.79 Å². The first-order chi connectivity index (χ1) is 9.60. The number of oxime groups is 1. The summed E-state index contributed by atoms with van der Waals surface area (Å²) in [6.07, 6.45) is 2.13. The average Bonchev–Trinajstić information content (AvgIpc) is 2.49. The standard InChI is InChI=1S/C14H18BrN3O2/c15-12-5-3-10(4-6-12)8-13(19)18-7-1-2-11(9-18)14(16)17-20/h3-6,11,20H,1-2,7-9H2,(H2,16,17). The Labute approximate surface area is 126 Å². The van der Waals surface area contributed by atoms with Gasteiger partial charge in [-0.15, -0.1) is 0 Å². The Morgan fingerprint density at radius 3 is 2.80 bits per heavy atom. The summed E-state index contributed by atoms with van der Waals surface area (Å²) in [4.78, 5) is 14.1. The molecule has 108 valence electrons. The molecule has 1 aromatic rings. The molecular formula is C14H18BrN3O2. The molecule has 3 N–H and O–H groups in total. The van der Waals surface area contributed by atoms with Crippen molar-refractivity contribution in [1.29, 1.82) is 0 Å². The van der Waals surface area contributed by atoms with Crippen LogP contribution in [0.5, 0.6) is 0 Å². The van der Waals surface area contributed by atoms with Crippen LogP contribution in [0.15, 0.2) is 33.9 Å². The molecule has 1 unspecified atom stereocenters. The largest absolute Gasteiger partial charge is 0.409 e. The predicted octanol–water partition coefficient (Wildman–Crippen LogP) is 1.98. The van der Waals surface area contributed by atoms with Crippen molar-refractivity contribution in [2.75, 3.05) is 13.1 Å². The first-order valence-corrected chi connectivity index (χ1v) is 7.39. The highest BCUT2D eigenvalue weighted by atomic mass is 79.9. The second kappa shape index (κ2) is 6.74. The van der Waals surface area contributed by atoms with E-state index in [1.165, 1.54) is 0 Å². The Hall–Kier alpha value is -1.56. The van der Waals surface area contributed by atoms with Crippen molar-refractivity contribution in [2.24, 2.45) is 16.8 Å². The van der Waals surface area contributed by atoms with Gasteiger partial charge < -0.3 is 15.8 Å². The molecule has 1 aliphatic heterocycles. The normalized spacial score (nSPS) is 19.9. The minimum Gasteiger partial charge on any atom is -0.409 e. The van der Waals surface area contributed by atoms with E-state index in [1.807, 2.05) is 24.3 Å². The number of nitrogens with two attached hydrogens (primary N) is 1. The van der Waals surface area contributed by atoms with Crippen LogP contribution in [0, 0.1) is 5.92 Å². The van der Waals surface area contributed by atoms with Crippen LogP contribution >= 0.6 is 15.9 Å². The van der Waals surface area contributed by atoms with Gasteiger partial charge in [-0.2, -0.15) is 0 Å². The van der Waals surface area contributed by atoms with Crippen LogP contribution in [0.4, 0.5) is 0 Å². The van der Waals surface area contributed by atoms with Crippen LogP contribution in [-0.2, 0) is 11.2 Å². The van der Waals surface area contributed by atoms with Gasteiger partial charge in [-0.05, 0) is 30.5 Å². The molecular weight excluding hydrogens is 322 g/mol. The predicted molar refractivity (Wildman–Crippen MR) is 80.6 cm³/mol. The van der Waals surface area contributed by atoms with E-state index in [-0.39, 0.29) is 17.7 Å². The molecule has 1 atom stereocenters.